The number of nitrogens with zero attached hydrogens (tertiary/aromatic N) is 2. The Labute approximate surface area is 151 Å². The van der Waals surface area contributed by atoms with Gasteiger partial charge in [-0.1, -0.05) is 25.8 Å². The number of likely N-dealkylation sites (tertiary alicyclic amines) is 1. The Morgan fingerprint density at radius 1 is 1.04 bits per heavy atom. The van der Waals surface area contributed by atoms with Crippen LogP contribution in [0.3, 0.4) is 0 Å². The van der Waals surface area contributed by atoms with Crippen molar-refractivity contribution < 1.29 is 13.2 Å². The smallest absolute Gasteiger partial charge is 0.253 e. The molecule has 1 aromatic carbocycles. The molecule has 0 N–H and O–H groups in total. The van der Waals surface area contributed by atoms with Crippen molar-refractivity contribution in [2.45, 2.75) is 50.3 Å². The van der Waals surface area contributed by atoms with Crippen LogP contribution in [0.1, 0.15) is 55.8 Å². The Balaban J connectivity index is 1.81. The first-order valence-electron chi connectivity index (χ1n) is 9.38. The number of benzene rings is 1. The minimum atomic E-state index is -3.52. The van der Waals surface area contributed by atoms with E-state index in [1.807, 2.05) is 4.90 Å². The summed E-state index contributed by atoms with van der Waals surface area (Å²) in [5.74, 6) is 0.446. The molecule has 1 atom stereocenters. The average Bonchev–Trinajstić information content (AvgIpc) is 2.91. The lowest BCUT2D eigenvalue weighted by atomic mass is 9.99. The fourth-order valence-electron chi connectivity index (χ4n) is 3.78. The molecule has 2 aliphatic heterocycles. The van der Waals surface area contributed by atoms with E-state index in [0.717, 1.165) is 51.6 Å². The number of carbonyl (C=O) groups excluding carboxylic acids is 1. The molecule has 2 saturated heterocycles. The number of carbonyl (C=O) groups is 1. The van der Waals surface area contributed by atoms with Crippen LogP contribution in [0.2, 0.25) is 0 Å². The fourth-order valence-corrected chi connectivity index (χ4v) is 5.34. The molecule has 25 heavy (non-hydrogen) atoms. The molecule has 2 aliphatic rings. The highest BCUT2D eigenvalue weighted by Crippen LogP contribution is 2.23. The van der Waals surface area contributed by atoms with Crippen LogP contribution in [0.25, 0.3) is 0 Å². The van der Waals surface area contributed by atoms with Crippen LogP contribution in [0.5, 0.6) is 0 Å². The van der Waals surface area contributed by atoms with E-state index in [0.29, 0.717) is 24.6 Å². The molecule has 0 radical (unpaired) electrons. The average molecular weight is 365 g/mol. The molecule has 1 unspecified atom stereocenters. The van der Waals surface area contributed by atoms with Crippen LogP contribution in [0.4, 0.5) is 0 Å². The molecule has 3 rings (SSSR count). The molecule has 138 valence electrons. The van der Waals surface area contributed by atoms with Crippen molar-refractivity contribution in [2.24, 2.45) is 5.92 Å². The summed E-state index contributed by atoms with van der Waals surface area (Å²) in [7, 11) is -3.52. The summed E-state index contributed by atoms with van der Waals surface area (Å²) in [5.41, 5.74) is 0.477. The van der Waals surface area contributed by atoms with Gasteiger partial charge in [0.05, 0.1) is 4.90 Å². The quantitative estimate of drug-likeness (QED) is 0.828. The van der Waals surface area contributed by atoms with Gasteiger partial charge in [0.2, 0.25) is 10.0 Å². The summed E-state index contributed by atoms with van der Waals surface area (Å²) in [6, 6.07) is 6.58. The Morgan fingerprint density at radius 2 is 1.76 bits per heavy atom. The second kappa shape index (κ2) is 7.87. The van der Waals surface area contributed by atoms with Crippen LogP contribution < -0.4 is 0 Å². The van der Waals surface area contributed by atoms with E-state index in [-0.39, 0.29) is 10.8 Å². The normalized spacial score (nSPS) is 23.2. The molecular weight excluding hydrogens is 336 g/mol. The van der Waals surface area contributed by atoms with Gasteiger partial charge in [-0.05, 0) is 49.8 Å². The topological polar surface area (TPSA) is 57.7 Å². The van der Waals surface area contributed by atoms with Gasteiger partial charge >= 0.3 is 0 Å². The van der Waals surface area contributed by atoms with Crippen molar-refractivity contribution in [3.05, 3.63) is 29.8 Å². The molecule has 0 aromatic heterocycles. The minimum absolute atomic E-state index is 0.0560. The van der Waals surface area contributed by atoms with Crippen LogP contribution in [-0.2, 0) is 10.0 Å². The van der Waals surface area contributed by atoms with Crippen LogP contribution >= 0.6 is 0 Å². The van der Waals surface area contributed by atoms with Gasteiger partial charge in [0, 0.05) is 31.7 Å². The molecule has 1 aromatic rings. The van der Waals surface area contributed by atoms with Crippen molar-refractivity contribution in [1.82, 2.24) is 9.21 Å². The van der Waals surface area contributed by atoms with E-state index in [2.05, 4.69) is 6.92 Å². The Bertz CT molecular complexity index is 709. The van der Waals surface area contributed by atoms with Crippen molar-refractivity contribution in [1.29, 1.82) is 0 Å². The van der Waals surface area contributed by atoms with Crippen molar-refractivity contribution in [3.8, 4) is 0 Å². The second-order valence-corrected chi connectivity index (χ2v) is 9.28. The van der Waals surface area contributed by atoms with Crippen LogP contribution in [-0.4, -0.2) is 49.7 Å². The third-order valence-corrected chi connectivity index (χ3v) is 7.12. The van der Waals surface area contributed by atoms with E-state index in [4.69, 9.17) is 0 Å². The first-order valence-corrected chi connectivity index (χ1v) is 10.8. The molecule has 1 amide bonds. The third-order valence-electron chi connectivity index (χ3n) is 5.23. The number of hydrogen-bond acceptors (Lipinski definition) is 3. The van der Waals surface area contributed by atoms with E-state index >= 15 is 0 Å². The van der Waals surface area contributed by atoms with Gasteiger partial charge in [0.25, 0.3) is 5.91 Å². The summed E-state index contributed by atoms with van der Waals surface area (Å²) < 4.78 is 27.5. The molecule has 2 fully saturated rings. The maximum atomic E-state index is 12.9. The maximum Gasteiger partial charge on any atom is 0.253 e. The van der Waals surface area contributed by atoms with Gasteiger partial charge < -0.3 is 4.90 Å². The zero-order chi connectivity index (χ0) is 17.9. The molecule has 2 heterocycles. The van der Waals surface area contributed by atoms with Gasteiger partial charge in [-0.25, -0.2) is 8.42 Å². The van der Waals surface area contributed by atoms with E-state index < -0.39 is 10.0 Å². The fraction of sp³-hybridized carbons (Fsp3) is 0.632. The number of amides is 1. The van der Waals surface area contributed by atoms with Crippen molar-refractivity contribution >= 4 is 15.9 Å². The number of sulfonamides is 1. The highest BCUT2D eigenvalue weighted by atomic mass is 32.2. The zero-order valence-electron chi connectivity index (χ0n) is 15.0. The minimum Gasteiger partial charge on any atom is -0.338 e. The van der Waals surface area contributed by atoms with Gasteiger partial charge in [-0.15, -0.1) is 0 Å². The van der Waals surface area contributed by atoms with Gasteiger partial charge in [-0.2, -0.15) is 4.31 Å². The number of piperidine rings is 1. The Kier molecular flexibility index (Phi) is 5.79. The first-order chi connectivity index (χ1) is 12.0. The Hall–Kier alpha value is -1.40. The van der Waals surface area contributed by atoms with Gasteiger partial charge in [-0.3, -0.25) is 4.79 Å². The van der Waals surface area contributed by atoms with Crippen molar-refractivity contribution in [2.75, 3.05) is 26.2 Å². The maximum absolute atomic E-state index is 12.9. The predicted octanol–water partition coefficient (Wildman–Crippen LogP) is 3.12. The molecule has 5 nitrogen and oxygen atoms in total. The SMILES string of the molecule is CC1CCCN(C(=O)c2cccc(S(=O)(=O)N3CCCCCC3)c2)C1. The highest BCUT2D eigenvalue weighted by Gasteiger charge is 2.27. The van der Waals surface area contributed by atoms with Crippen LogP contribution in [0.15, 0.2) is 29.2 Å². The second-order valence-electron chi connectivity index (χ2n) is 7.34. The lowest BCUT2D eigenvalue weighted by Gasteiger charge is -2.31. The lowest BCUT2D eigenvalue weighted by molar-refractivity contribution is 0.0683. The summed E-state index contributed by atoms with van der Waals surface area (Å²) in [6.07, 6.45) is 6.13. The van der Waals surface area contributed by atoms with Gasteiger partial charge in [0.15, 0.2) is 0 Å². The number of hydrogen-bond donors (Lipinski definition) is 0. The summed E-state index contributed by atoms with van der Waals surface area (Å²) in [4.78, 5) is 14.9. The molecule has 0 spiro atoms. The Morgan fingerprint density at radius 3 is 2.44 bits per heavy atom. The molecular formula is C19H28N2O3S. The highest BCUT2D eigenvalue weighted by molar-refractivity contribution is 7.89. The predicted molar refractivity (Wildman–Crippen MR) is 98.0 cm³/mol. The summed E-state index contributed by atoms with van der Waals surface area (Å²) in [6.45, 7) is 4.81. The molecule has 6 heteroatoms. The molecule has 0 saturated carbocycles. The van der Waals surface area contributed by atoms with Crippen LogP contribution in [0, 0.1) is 5.92 Å². The zero-order valence-corrected chi connectivity index (χ0v) is 15.8. The monoisotopic (exact) mass is 364 g/mol. The van der Waals surface area contributed by atoms with Crippen molar-refractivity contribution in [3.63, 3.8) is 0 Å². The van der Waals surface area contributed by atoms with E-state index in [9.17, 15) is 13.2 Å². The summed E-state index contributed by atoms with van der Waals surface area (Å²) in [5, 5.41) is 0. The van der Waals surface area contributed by atoms with E-state index in [1.165, 1.54) is 0 Å². The largest absolute Gasteiger partial charge is 0.338 e. The molecule has 0 bridgehead atoms. The lowest BCUT2D eigenvalue weighted by Crippen LogP contribution is -2.39. The standard InChI is InChI=1S/C19H28N2O3S/c1-16-8-7-11-20(15-16)19(22)17-9-6-10-18(14-17)25(23,24)21-12-4-2-3-5-13-21/h6,9-10,14,16H,2-5,7-8,11-13,15H2,1H3. The third kappa shape index (κ3) is 4.23. The molecule has 0 aliphatic carbocycles. The van der Waals surface area contributed by atoms with Gasteiger partial charge in [0.1, 0.15) is 0 Å². The van der Waals surface area contributed by atoms with E-state index in [1.54, 1.807) is 28.6 Å². The first kappa shape index (κ1) is 18.4. The number of rotatable bonds is 3. The summed E-state index contributed by atoms with van der Waals surface area (Å²) >= 11 is 0.